The van der Waals surface area contributed by atoms with Crippen molar-refractivity contribution in [2.45, 2.75) is 45.3 Å². The molecule has 1 aromatic carbocycles. The van der Waals surface area contributed by atoms with Gasteiger partial charge in [-0.3, -0.25) is 4.90 Å². The third kappa shape index (κ3) is 1.92. The predicted octanol–water partition coefficient (Wildman–Crippen LogP) is 4.31. The number of hydrogen-bond donors (Lipinski definition) is 0. The van der Waals surface area contributed by atoms with Crippen molar-refractivity contribution in [1.29, 1.82) is 0 Å². The van der Waals surface area contributed by atoms with E-state index in [-0.39, 0.29) is 0 Å². The molecule has 3 atom stereocenters. The molecular weight excluding hydrogens is 298 g/mol. The summed E-state index contributed by atoms with van der Waals surface area (Å²) in [7, 11) is 0. The zero-order valence-electron chi connectivity index (χ0n) is 14.3. The Morgan fingerprint density at radius 2 is 2.04 bits per heavy atom. The summed E-state index contributed by atoms with van der Waals surface area (Å²) in [6.07, 6.45) is 6.05. The first-order valence-electron chi connectivity index (χ1n) is 9.03. The molecule has 6 rings (SSSR count). The van der Waals surface area contributed by atoms with Crippen LogP contribution in [0.1, 0.15) is 31.7 Å². The molecule has 0 aliphatic carbocycles. The Morgan fingerprint density at radius 1 is 1.12 bits per heavy atom. The summed E-state index contributed by atoms with van der Waals surface area (Å²) in [5, 5.41) is 2.29. The SMILES string of the molecule is Cc1ccc2c(oc3ncccc32)c1N1C2CCCN(CC2)[C@@H]1C. The third-order valence-electron chi connectivity index (χ3n) is 5.91. The average Bonchev–Trinajstić information content (AvgIpc) is 2.71. The van der Waals surface area contributed by atoms with Crippen LogP contribution in [0, 0.1) is 6.92 Å². The van der Waals surface area contributed by atoms with E-state index in [4.69, 9.17) is 4.42 Å². The van der Waals surface area contributed by atoms with Gasteiger partial charge < -0.3 is 9.32 Å². The lowest BCUT2D eigenvalue weighted by atomic mass is 10.0. The second kappa shape index (κ2) is 5.21. The molecule has 0 spiro atoms. The van der Waals surface area contributed by atoms with E-state index in [2.05, 4.69) is 46.8 Å². The largest absolute Gasteiger partial charge is 0.436 e. The Kier molecular flexibility index (Phi) is 3.10. The Hall–Kier alpha value is -2.07. The molecule has 24 heavy (non-hydrogen) atoms. The molecular formula is C20H23N3O. The number of benzene rings is 1. The first kappa shape index (κ1) is 14.3. The van der Waals surface area contributed by atoms with Crippen LogP contribution in [-0.4, -0.2) is 35.2 Å². The molecule has 0 amide bonds. The molecule has 2 aromatic heterocycles. The van der Waals surface area contributed by atoms with Crippen molar-refractivity contribution < 1.29 is 4.42 Å². The number of aryl methyl sites for hydroxylation is 1. The van der Waals surface area contributed by atoms with Crippen molar-refractivity contribution in [3.05, 3.63) is 36.0 Å². The summed E-state index contributed by atoms with van der Waals surface area (Å²) >= 11 is 0. The highest BCUT2D eigenvalue weighted by molar-refractivity contribution is 6.08. The first-order chi connectivity index (χ1) is 11.7. The highest BCUT2D eigenvalue weighted by Gasteiger charge is 2.37. The molecule has 124 valence electrons. The van der Waals surface area contributed by atoms with Crippen LogP contribution in [0.2, 0.25) is 0 Å². The van der Waals surface area contributed by atoms with E-state index in [1.807, 2.05) is 6.07 Å². The topological polar surface area (TPSA) is 32.5 Å². The van der Waals surface area contributed by atoms with Gasteiger partial charge in [-0.2, -0.15) is 0 Å². The lowest BCUT2D eigenvalue weighted by Crippen LogP contribution is -2.55. The van der Waals surface area contributed by atoms with Gasteiger partial charge in [0.05, 0.1) is 11.9 Å². The summed E-state index contributed by atoms with van der Waals surface area (Å²) in [6, 6.07) is 9.13. The first-order valence-corrected chi connectivity index (χ1v) is 9.03. The van der Waals surface area contributed by atoms with E-state index in [0.717, 1.165) is 16.7 Å². The van der Waals surface area contributed by atoms with E-state index in [0.29, 0.717) is 12.2 Å². The Balaban J connectivity index is 1.78. The maximum absolute atomic E-state index is 6.24. The van der Waals surface area contributed by atoms with Crippen molar-refractivity contribution in [2.24, 2.45) is 0 Å². The van der Waals surface area contributed by atoms with Crippen LogP contribution in [0.5, 0.6) is 0 Å². The van der Waals surface area contributed by atoms with Crippen LogP contribution in [0.15, 0.2) is 34.9 Å². The summed E-state index contributed by atoms with van der Waals surface area (Å²) in [6.45, 7) is 6.98. The van der Waals surface area contributed by atoms with E-state index in [1.165, 1.54) is 49.0 Å². The Morgan fingerprint density at radius 3 is 2.96 bits per heavy atom. The molecule has 2 bridgehead atoms. The highest BCUT2D eigenvalue weighted by Crippen LogP contribution is 2.41. The monoisotopic (exact) mass is 321 g/mol. The summed E-state index contributed by atoms with van der Waals surface area (Å²) in [5.74, 6) is 0. The van der Waals surface area contributed by atoms with Gasteiger partial charge in [0.25, 0.3) is 0 Å². The van der Waals surface area contributed by atoms with E-state index >= 15 is 0 Å². The van der Waals surface area contributed by atoms with Gasteiger partial charge in [-0.1, -0.05) is 12.1 Å². The number of anilines is 1. The van der Waals surface area contributed by atoms with Gasteiger partial charge in [0, 0.05) is 36.1 Å². The molecule has 3 fully saturated rings. The standard InChI is InChI=1S/C20H23N3O/c1-13-7-8-16-17-6-3-10-21-20(17)24-19(16)18(13)23-14(2)22-11-4-5-15(23)9-12-22/h3,6-8,10,14-15H,4-5,9,11-12H2,1-2H3/t14-,15?/m0/s1. The second-order valence-electron chi connectivity index (χ2n) is 7.23. The van der Waals surface area contributed by atoms with Crippen molar-refractivity contribution in [2.75, 3.05) is 18.0 Å². The zero-order chi connectivity index (χ0) is 16.3. The number of fused-ring (bicyclic) bond motifs is 7. The fourth-order valence-electron chi connectivity index (χ4n) is 4.68. The lowest BCUT2D eigenvalue weighted by molar-refractivity contribution is 0.177. The summed E-state index contributed by atoms with van der Waals surface area (Å²) < 4.78 is 6.24. The number of furan rings is 1. The molecule has 3 aliphatic rings. The minimum atomic E-state index is 0.428. The van der Waals surface area contributed by atoms with Gasteiger partial charge in [-0.05, 0) is 50.8 Å². The van der Waals surface area contributed by atoms with Crippen LogP contribution < -0.4 is 4.90 Å². The smallest absolute Gasteiger partial charge is 0.227 e. The van der Waals surface area contributed by atoms with Gasteiger partial charge in [0.2, 0.25) is 5.71 Å². The highest BCUT2D eigenvalue weighted by atomic mass is 16.3. The van der Waals surface area contributed by atoms with Crippen molar-refractivity contribution in [3.8, 4) is 0 Å². The number of rotatable bonds is 1. The van der Waals surface area contributed by atoms with Crippen LogP contribution in [0.25, 0.3) is 22.1 Å². The molecule has 5 heterocycles. The minimum Gasteiger partial charge on any atom is -0.436 e. The fraction of sp³-hybridized carbons (Fsp3) is 0.450. The second-order valence-corrected chi connectivity index (χ2v) is 7.23. The van der Waals surface area contributed by atoms with Crippen LogP contribution in [-0.2, 0) is 0 Å². The zero-order valence-corrected chi connectivity index (χ0v) is 14.3. The van der Waals surface area contributed by atoms with Gasteiger partial charge >= 0.3 is 0 Å². The van der Waals surface area contributed by atoms with E-state index in [1.54, 1.807) is 6.20 Å². The van der Waals surface area contributed by atoms with Crippen LogP contribution in [0.4, 0.5) is 5.69 Å². The summed E-state index contributed by atoms with van der Waals surface area (Å²) in [5.41, 5.74) is 4.31. The number of hydrogen-bond acceptors (Lipinski definition) is 4. The van der Waals surface area contributed by atoms with Crippen molar-refractivity contribution >= 4 is 27.8 Å². The molecule has 3 aliphatic heterocycles. The van der Waals surface area contributed by atoms with Gasteiger partial charge in [0.1, 0.15) is 0 Å². The van der Waals surface area contributed by atoms with Crippen molar-refractivity contribution in [3.63, 3.8) is 0 Å². The maximum atomic E-state index is 6.24. The van der Waals surface area contributed by atoms with Crippen molar-refractivity contribution in [1.82, 2.24) is 9.88 Å². The number of pyridine rings is 1. The average molecular weight is 321 g/mol. The Labute approximate surface area is 142 Å². The summed E-state index contributed by atoms with van der Waals surface area (Å²) in [4.78, 5) is 9.66. The van der Waals surface area contributed by atoms with Crippen LogP contribution in [0.3, 0.4) is 0 Å². The van der Waals surface area contributed by atoms with Gasteiger partial charge in [-0.15, -0.1) is 0 Å². The van der Waals surface area contributed by atoms with E-state index < -0.39 is 0 Å². The normalized spacial score (nSPS) is 27.1. The molecule has 3 aromatic rings. The number of aromatic nitrogens is 1. The molecule has 3 saturated heterocycles. The van der Waals surface area contributed by atoms with Gasteiger partial charge in [-0.25, -0.2) is 4.98 Å². The minimum absolute atomic E-state index is 0.428. The molecule has 0 N–H and O–H groups in total. The quantitative estimate of drug-likeness (QED) is 0.668. The predicted molar refractivity (Wildman–Crippen MR) is 97.4 cm³/mol. The Bertz CT molecular complexity index is 910. The molecule has 0 saturated carbocycles. The fourth-order valence-corrected chi connectivity index (χ4v) is 4.68. The molecule has 0 radical (unpaired) electrons. The molecule has 2 unspecified atom stereocenters. The van der Waals surface area contributed by atoms with Gasteiger partial charge in [0.15, 0.2) is 5.58 Å². The molecule has 4 heteroatoms. The van der Waals surface area contributed by atoms with Crippen LogP contribution >= 0.6 is 0 Å². The lowest BCUT2D eigenvalue weighted by Gasteiger charge is -2.46. The van der Waals surface area contributed by atoms with E-state index in [9.17, 15) is 0 Å². The number of nitrogens with zero attached hydrogens (tertiary/aromatic N) is 3. The maximum Gasteiger partial charge on any atom is 0.227 e. The third-order valence-corrected chi connectivity index (χ3v) is 5.91. The molecule has 4 nitrogen and oxygen atoms in total.